The predicted octanol–water partition coefficient (Wildman–Crippen LogP) is 4.69. The van der Waals surface area contributed by atoms with E-state index in [0.29, 0.717) is 58.6 Å². The van der Waals surface area contributed by atoms with E-state index in [9.17, 15) is 14.0 Å². The van der Waals surface area contributed by atoms with Gasteiger partial charge in [0.15, 0.2) is 0 Å². The van der Waals surface area contributed by atoms with Crippen LogP contribution in [0.4, 0.5) is 21.6 Å². The molecule has 0 radical (unpaired) electrons. The molecule has 0 unspecified atom stereocenters. The fraction of sp³-hybridized carbons (Fsp3) is 0.217. The summed E-state index contributed by atoms with van der Waals surface area (Å²) in [5, 5.41) is 9.02. The summed E-state index contributed by atoms with van der Waals surface area (Å²) in [5.41, 5.74) is 1.17. The molecule has 3 rings (SSSR count). The van der Waals surface area contributed by atoms with Gasteiger partial charge in [0.25, 0.3) is 0 Å². The summed E-state index contributed by atoms with van der Waals surface area (Å²) in [6, 6.07) is 7.96. The van der Waals surface area contributed by atoms with Gasteiger partial charge in [-0.2, -0.15) is 0 Å². The topological polar surface area (TPSA) is 105 Å². The third-order valence-corrected chi connectivity index (χ3v) is 5.08. The van der Waals surface area contributed by atoms with Crippen molar-refractivity contribution >= 4 is 55.8 Å². The van der Waals surface area contributed by atoms with Gasteiger partial charge in [0.05, 0.1) is 23.5 Å². The summed E-state index contributed by atoms with van der Waals surface area (Å²) in [4.78, 5) is 31.8. The number of ether oxygens (including phenoxy) is 1. The van der Waals surface area contributed by atoms with Crippen LogP contribution in [0.15, 0.2) is 53.8 Å². The molecule has 3 aromatic rings. The number of amides is 2. The molecule has 2 amide bonds. The molecule has 0 saturated heterocycles. The number of anilines is 3. The maximum atomic E-state index is 14.3. The Morgan fingerprint density at radius 2 is 2.03 bits per heavy atom. The average molecular weight is 516 g/mol. The van der Waals surface area contributed by atoms with Crippen molar-refractivity contribution in [2.75, 3.05) is 23.8 Å². The van der Waals surface area contributed by atoms with Crippen molar-refractivity contribution in [1.82, 2.24) is 15.3 Å². The lowest BCUT2D eigenvalue weighted by molar-refractivity contribution is -0.120. The molecule has 0 aliphatic rings. The number of nitrogens with zero attached hydrogens (tertiary/aromatic N) is 2. The highest BCUT2D eigenvalue weighted by atomic mass is 79.9. The molecule has 2 aromatic carbocycles. The zero-order chi connectivity index (χ0) is 23.8. The van der Waals surface area contributed by atoms with Crippen molar-refractivity contribution in [2.24, 2.45) is 0 Å². The van der Waals surface area contributed by atoms with Gasteiger partial charge in [-0.3, -0.25) is 9.59 Å². The Morgan fingerprint density at radius 3 is 2.76 bits per heavy atom. The van der Waals surface area contributed by atoms with Crippen LogP contribution in [0.3, 0.4) is 0 Å². The van der Waals surface area contributed by atoms with Gasteiger partial charge in [0.1, 0.15) is 23.7 Å². The summed E-state index contributed by atoms with van der Waals surface area (Å²) in [6.07, 6.45) is 3.50. The number of hydrogen-bond donors (Lipinski definition) is 3. The number of halogens is 2. The van der Waals surface area contributed by atoms with Gasteiger partial charge in [-0.15, -0.1) is 0 Å². The van der Waals surface area contributed by atoms with Crippen LogP contribution in [0.25, 0.3) is 10.9 Å². The molecule has 3 N–H and O–H groups in total. The molecule has 0 saturated carbocycles. The maximum Gasteiger partial charge on any atom is 0.247 e. The van der Waals surface area contributed by atoms with Crippen molar-refractivity contribution in [3.63, 3.8) is 0 Å². The summed E-state index contributed by atoms with van der Waals surface area (Å²) in [7, 11) is 0. The number of fused-ring (bicyclic) bond motifs is 1. The number of aromatic nitrogens is 2. The van der Waals surface area contributed by atoms with Gasteiger partial charge in [0.2, 0.25) is 11.8 Å². The van der Waals surface area contributed by atoms with E-state index in [1.54, 1.807) is 31.2 Å². The molecule has 8 nitrogen and oxygen atoms in total. The van der Waals surface area contributed by atoms with Gasteiger partial charge in [-0.05, 0) is 36.8 Å². The molecule has 0 aliphatic heterocycles. The number of carbonyl (C=O) groups excluding carboxylic acids is 2. The molecule has 0 aliphatic carbocycles. The molecule has 0 spiro atoms. The van der Waals surface area contributed by atoms with E-state index >= 15 is 0 Å². The molecule has 10 heteroatoms. The van der Waals surface area contributed by atoms with Crippen molar-refractivity contribution < 1.29 is 18.7 Å². The Bertz CT molecular complexity index is 1190. The SMILES string of the molecule is C=CC(=O)Nc1cc2c(Nc3ccc(Br)cc3F)ncnc2cc1OCCCNC(=O)CC. The predicted molar refractivity (Wildman–Crippen MR) is 129 cm³/mol. The quantitative estimate of drug-likeness (QED) is 0.267. The van der Waals surface area contributed by atoms with Crippen LogP contribution < -0.4 is 20.7 Å². The zero-order valence-corrected chi connectivity index (χ0v) is 19.5. The summed E-state index contributed by atoms with van der Waals surface area (Å²) in [5.74, 6) is -0.132. The van der Waals surface area contributed by atoms with Crippen molar-refractivity contribution in [3.8, 4) is 5.75 Å². The van der Waals surface area contributed by atoms with Crippen LogP contribution in [0.2, 0.25) is 0 Å². The van der Waals surface area contributed by atoms with E-state index in [2.05, 4.69) is 48.4 Å². The van der Waals surface area contributed by atoms with E-state index in [0.717, 1.165) is 6.08 Å². The second-order valence-electron chi connectivity index (χ2n) is 6.94. The van der Waals surface area contributed by atoms with E-state index in [1.165, 1.54) is 12.4 Å². The number of nitrogens with one attached hydrogen (secondary N) is 3. The van der Waals surface area contributed by atoms with E-state index in [1.807, 2.05) is 0 Å². The zero-order valence-electron chi connectivity index (χ0n) is 18.0. The maximum absolute atomic E-state index is 14.3. The first-order chi connectivity index (χ1) is 15.9. The minimum Gasteiger partial charge on any atom is -0.491 e. The standard InChI is InChI=1S/C23H23BrFN5O3/c1-3-21(31)26-8-5-9-33-20-12-18-15(11-19(20)29-22(32)4-2)23(28-13-27-18)30-17-7-6-14(24)10-16(17)25/h4,6-7,10-13H,2-3,5,8-9H2,1H3,(H,26,31)(H,29,32)(H,27,28,30). The molecular formula is C23H23BrFN5O3. The minimum absolute atomic E-state index is 0.0291. The lowest BCUT2D eigenvalue weighted by atomic mass is 10.1. The van der Waals surface area contributed by atoms with Crippen LogP contribution >= 0.6 is 15.9 Å². The third-order valence-electron chi connectivity index (χ3n) is 4.59. The highest BCUT2D eigenvalue weighted by molar-refractivity contribution is 9.10. The Morgan fingerprint density at radius 1 is 1.21 bits per heavy atom. The van der Waals surface area contributed by atoms with Crippen molar-refractivity contribution in [2.45, 2.75) is 19.8 Å². The highest BCUT2D eigenvalue weighted by Crippen LogP contribution is 2.34. The van der Waals surface area contributed by atoms with E-state index < -0.39 is 11.7 Å². The Kier molecular flexibility index (Phi) is 8.31. The monoisotopic (exact) mass is 515 g/mol. The summed E-state index contributed by atoms with van der Waals surface area (Å²) >= 11 is 3.23. The number of benzene rings is 2. The lowest BCUT2D eigenvalue weighted by Gasteiger charge is -2.15. The summed E-state index contributed by atoms with van der Waals surface area (Å²) < 4.78 is 20.8. The number of rotatable bonds is 10. The number of carbonyl (C=O) groups is 2. The molecule has 0 fully saturated rings. The fourth-order valence-corrected chi connectivity index (χ4v) is 3.24. The lowest BCUT2D eigenvalue weighted by Crippen LogP contribution is -2.24. The first kappa shape index (κ1) is 24.1. The van der Waals surface area contributed by atoms with Crippen molar-refractivity contribution in [3.05, 3.63) is 59.6 Å². The van der Waals surface area contributed by atoms with Gasteiger partial charge >= 0.3 is 0 Å². The minimum atomic E-state index is -0.452. The fourth-order valence-electron chi connectivity index (χ4n) is 2.91. The van der Waals surface area contributed by atoms with Gasteiger partial charge in [-0.1, -0.05) is 29.4 Å². The Balaban J connectivity index is 1.88. The molecular weight excluding hydrogens is 493 g/mol. The Labute approximate surface area is 198 Å². The number of hydrogen-bond acceptors (Lipinski definition) is 6. The first-order valence-corrected chi connectivity index (χ1v) is 11.0. The van der Waals surface area contributed by atoms with E-state index in [-0.39, 0.29) is 11.6 Å². The molecule has 172 valence electrons. The third kappa shape index (κ3) is 6.48. The van der Waals surface area contributed by atoms with Gasteiger partial charge in [0, 0.05) is 28.9 Å². The molecule has 0 bridgehead atoms. The smallest absolute Gasteiger partial charge is 0.247 e. The van der Waals surface area contributed by atoms with E-state index in [4.69, 9.17) is 4.74 Å². The summed E-state index contributed by atoms with van der Waals surface area (Å²) in [6.45, 7) is 6.05. The molecule has 1 aromatic heterocycles. The largest absolute Gasteiger partial charge is 0.491 e. The second kappa shape index (κ2) is 11.4. The first-order valence-electron chi connectivity index (χ1n) is 10.2. The van der Waals surface area contributed by atoms with Crippen LogP contribution in [0.1, 0.15) is 19.8 Å². The van der Waals surface area contributed by atoms with Gasteiger partial charge < -0.3 is 20.7 Å². The molecule has 33 heavy (non-hydrogen) atoms. The van der Waals surface area contributed by atoms with Crippen LogP contribution in [-0.2, 0) is 9.59 Å². The molecule has 1 heterocycles. The van der Waals surface area contributed by atoms with Crippen molar-refractivity contribution in [1.29, 1.82) is 0 Å². The molecule has 0 atom stereocenters. The van der Waals surface area contributed by atoms with Gasteiger partial charge in [-0.25, -0.2) is 14.4 Å². The van der Waals surface area contributed by atoms with Crippen LogP contribution in [0, 0.1) is 5.82 Å². The second-order valence-corrected chi connectivity index (χ2v) is 7.85. The highest BCUT2D eigenvalue weighted by Gasteiger charge is 2.14. The average Bonchev–Trinajstić information content (AvgIpc) is 2.80. The van der Waals surface area contributed by atoms with Crippen LogP contribution in [0.5, 0.6) is 5.75 Å². The normalized spacial score (nSPS) is 10.5. The van der Waals surface area contributed by atoms with Crippen LogP contribution in [-0.4, -0.2) is 34.9 Å². The Hall–Kier alpha value is -3.53.